The molecule has 20 heavy (non-hydrogen) atoms. The molecule has 0 saturated heterocycles. The summed E-state index contributed by atoms with van der Waals surface area (Å²) in [5.74, 6) is -0.633. The van der Waals surface area contributed by atoms with Gasteiger partial charge in [0.15, 0.2) is 5.78 Å². The number of carbonyl (C=O) groups is 3. The molecule has 0 aromatic heterocycles. The van der Waals surface area contributed by atoms with Crippen LogP contribution >= 0.6 is 0 Å². The Hall–Kier alpha value is -2.17. The highest BCUT2D eigenvalue weighted by molar-refractivity contribution is 6.01. The Bertz CT molecular complexity index is 561. The molecular weight excluding hydrogens is 258 g/mol. The van der Waals surface area contributed by atoms with Gasteiger partial charge in [-0.15, -0.1) is 0 Å². The van der Waals surface area contributed by atoms with E-state index in [0.29, 0.717) is 16.7 Å². The lowest BCUT2D eigenvalue weighted by Crippen LogP contribution is -2.31. The summed E-state index contributed by atoms with van der Waals surface area (Å²) in [6.07, 6.45) is 1.84. The zero-order valence-corrected chi connectivity index (χ0v) is 11.6. The third kappa shape index (κ3) is 3.04. The number of nitrogens with one attached hydrogen (secondary N) is 1. The highest BCUT2D eigenvalue weighted by Gasteiger charge is 2.29. The minimum absolute atomic E-state index is 0.0470. The van der Waals surface area contributed by atoms with Crippen molar-refractivity contribution < 1.29 is 19.1 Å². The fraction of sp³-hybridized carbons (Fsp3) is 0.400. The third-order valence-electron chi connectivity index (χ3n) is 3.44. The lowest BCUT2D eigenvalue weighted by atomic mass is 10.0. The van der Waals surface area contributed by atoms with Crippen molar-refractivity contribution in [2.75, 3.05) is 13.7 Å². The second kappa shape index (κ2) is 5.86. The molecule has 1 aliphatic rings. The number of amides is 1. The van der Waals surface area contributed by atoms with Crippen molar-refractivity contribution in [1.29, 1.82) is 0 Å². The molecule has 1 fully saturated rings. The molecule has 1 amide bonds. The summed E-state index contributed by atoms with van der Waals surface area (Å²) >= 11 is 0. The van der Waals surface area contributed by atoms with E-state index >= 15 is 0 Å². The molecule has 5 nitrogen and oxygen atoms in total. The molecule has 1 aromatic carbocycles. The van der Waals surface area contributed by atoms with E-state index in [-0.39, 0.29) is 24.2 Å². The Morgan fingerprint density at radius 1 is 1.25 bits per heavy atom. The van der Waals surface area contributed by atoms with Crippen LogP contribution in [0.5, 0.6) is 0 Å². The number of rotatable bonds is 5. The maximum atomic E-state index is 12.1. The van der Waals surface area contributed by atoms with Crippen LogP contribution in [0.15, 0.2) is 18.2 Å². The first-order valence-corrected chi connectivity index (χ1v) is 6.53. The minimum atomic E-state index is -0.480. The number of carbonyl (C=O) groups excluding carboxylic acids is 3. The van der Waals surface area contributed by atoms with Gasteiger partial charge < -0.3 is 10.1 Å². The summed E-state index contributed by atoms with van der Waals surface area (Å²) in [7, 11) is 1.29. The van der Waals surface area contributed by atoms with Crippen molar-refractivity contribution >= 4 is 17.7 Å². The van der Waals surface area contributed by atoms with E-state index in [2.05, 4.69) is 10.1 Å². The van der Waals surface area contributed by atoms with E-state index in [4.69, 9.17) is 0 Å². The van der Waals surface area contributed by atoms with Gasteiger partial charge in [0.2, 0.25) is 0 Å². The second-order valence-electron chi connectivity index (χ2n) is 4.89. The van der Waals surface area contributed by atoms with Crippen LogP contribution in [0.4, 0.5) is 0 Å². The average Bonchev–Trinajstić information content (AvgIpc) is 3.28. The van der Waals surface area contributed by atoms with E-state index in [1.807, 2.05) is 0 Å². The number of methoxy groups -OCH3 is 1. The average molecular weight is 275 g/mol. The third-order valence-corrected chi connectivity index (χ3v) is 3.44. The molecule has 0 bridgehead atoms. The zero-order chi connectivity index (χ0) is 14.7. The molecule has 0 atom stereocenters. The van der Waals surface area contributed by atoms with Crippen molar-refractivity contribution in [3.05, 3.63) is 34.9 Å². The summed E-state index contributed by atoms with van der Waals surface area (Å²) in [5, 5.41) is 2.60. The highest BCUT2D eigenvalue weighted by atomic mass is 16.5. The molecule has 0 aliphatic heterocycles. The van der Waals surface area contributed by atoms with Gasteiger partial charge in [0.25, 0.3) is 5.91 Å². The Morgan fingerprint density at radius 2 is 1.90 bits per heavy atom. The predicted octanol–water partition coefficient (Wildman–Crippen LogP) is 1.49. The topological polar surface area (TPSA) is 72.5 Å². The first kappa shape index (κ1) is 14.2. The molecule has 106 valence electrons. The Morgan fingerprint density at radius 3 is 2.50 bits per heavy atom. The van der Waals surface area contributed by atoms with Crippen LogP contribution < -0.4 is 5.32 Å². The van der Waals surface area contributed by atoms with E-state index in [0.717, 1.165) is 12.8 Å². The van der Waals surface area contributed by atoms with Crippen molar-refractivity contribution in [1.82, 2.24) is 5.32 Å². The van der Waals surface area contributed by atoms with E-state index in [1.54, 1.807) is 25.1 Å². The number of ketones is 1. The first-order chi connectivity index (χ1) is 9.54. The highest BCUT2D eigenvalue weighted by Crippen LogP contribution is 2.29. The standard InChI is InChI=1S/C15H17NO4/c1-9-11(4-3-5-12(9)15(19)20-2)14(18)16-8-13(17)10-6-7-10/h3-5,10H,6-8H2,1-2H3,(H,16,18). The van der Waals surface area contributed by atoms with Crippen LogP contribution in [0, 0.1) is 12.8 Å². The van der Waals surface area contributed by atoms with Gasteiger partial charge in [0, 0.05) is 11.5 Å². The molecule has 1 N–H and O–H groups in total. The lowest BCUT2D eigenvalue weighted by Gasteiger charge is -2.10. The quantitative estimate of drug-likeness (QED) is 0.826. The van der Waals surface area contributed by atoms with Gasteiger partial charge in [-0.05, 0) is 37.5 Å². The van der Waals surface area contributed by atoms with E-state index in [1.165, 1.54) is 7.11 Å². The number of hydrogen-bond donors (Lipinski definition) is 1. The van der Waals surface area contributed by atoms with Gasteiger partial charge in [0.1, 0.15) is 0 Å². The largest absolute Gasteiger partial charge is 0.465 e. The predicted molar refractivity (Wildman–Crippen MR) is 72.6 cm³/mol. The van der Waals surface area contributed by atoms with Crippen LogP contribution in [-0.4, -0.2) is 31.3 Å². The molecular formula is C15H17NO4. The van der Waals surface area contributed by atoms with Gasteiger partial charge in [-0.2, -0.15) is 0 Å². The summed E-state index contributed by atoms with van der Waals surface area (Å²) < 4.78 is 4.66. The zero-order valence-electron chi connectivity index (χ0n) is 11.6. The number of Topliss-reactive ketones (excluding diaryl/α,β-unsaturated/α-hetero) is 1. The van der Waals surface area contributed by atoms with Crippen LogP contribution in [0.3, 0.4) is 0 Å². The Labute approximate surface area is 117 Å². The van der Waals surface area contributed by atoms with Crippen LogP contribution in [0.1, 0.15) is 39.1 Å². The first-order valence-electron chi connectivity index (χ1n) is 6.53. The molecule has 2 rings (SSSR count). The van der Waals surface area contributed by atoms with Crippen LogP contribution in [0.2, 0.25) is 0 Å². The summed E-state index contributed by atoms with van der Waals surface area (Å²) in [5.41, 5.74) is 1.29. The molecule has 0 heterocycles. The Kier molecular flexibility index (Phi) is 4.17. The van der Waals surface area contributed by atoms with Crippen molar-refractivity contribution in [3.63, 3.8) is 0 Å². The fourth-order valence-electron chi connectivity index (χ4n) is 2.02. The van der Waals surface area contributed by atoms with Crippen molar-refractivity contribution in [2.24, 2.45) is 5.92 Å². The maximum absolute atomic E-state index is 12.1. The number of ether oxygens (including phenoxy) is 1. The Balaban J connectivity index is 2.09. The van der Waals surface area contributed by atoms with Gasteiger partial charge in [0.05, 0.1) is 19.2 Å². The maximum Gasteiger partial charge on any atom is 0.338 e. The van der Waals surface area contributed by atoms with Crippen LogP contribution in [0.25, 0.3) is 0 Å². The van der Waals surface area contributed by atoms with E-state index < -0.39 is 5.97 Å². The molecule has 5 heteroatoms. The minimum Gasteiger partial charge on any atom is -0.465 e. The normalized spacial score (nSPS) is 13.7. The summed E-state index contributed by atoms with van der Waals surface area (Å²) in [6, 6.07) is 4.85. The smallest absolute Gasteiger partial charge is 0.338 e. The number of esters is 1. The van der Waals surface area contributed by atoms with Crippen molar-refractivity contribution in [3.8, 4) is 0 Å². The fourth-order valence-corrected chi connectivity index (χ4v) is 2.02. The van der Waals surface area contributed by atoms with Crippen LogP contribution in [-0.2, 0) is 9.53 Å². The molecule has 1 aliphatic carbocycles. The van der Waals surface area contributed by atoms with Gasteiger partial charge in [-0.3, -0.25) is 9.59 Å². The molecule has 0 unspecified atom stereocenters. The molecule has 0 radical (unpaired) electrons. The monoisotopic (exact) mass is 275 g/mol. The van der Waals surface area contributed by atoms with Crippen molar-refractivity contribution in [2.45, 2.75) is 19.8 Å². The summed E-state index contributed by atoms with van der Waals surface area (Å²) in [4.78, 5) is 35.2. The molecule has 0 spiro atoms. The van der Waals surface area contributed by atoms with E-state index in [9.17, 15) is 14.4 Å². The summed E-state index contributed by atoms with van der Waals surface area (Å²) in [6.45, 7) is 1.73. The van der Waals surface area contributed by atoms with Gasteiger partial charge in [-0.25, -0.2) is 4.79 Å². The SMILES string of the molecule is COC(=O)c1cccc(C(=O)NCC(=O)C2CC2)c1C. The molecule has 1 saturated carbocycles. The number of benzene rings is 1. The number of hydrogen-bond acceptors (Lipinski definition) is 4. The lowest BCUT2D eigenvalue weighted by molar-refractivity contribution is -0.119. The second-order valence-corrected chi connectivity index (χ2v) is 4.89. The van der Waals surface area contributed by atoms with Gasteiger partial charge >= 0.3 is 5.97 Å². The molecule has 1 aromatic rings. The van der Waals surface area contributed by atoms with Gasteiger partial charge in [-0.1, -0.05) is 6.07 Å².